The van der Waals surface area contributed by atoms with E-state index in [1.807, 2.05) is 0 Å². The van der Waals surface area contributed by atoms with Crippen molar-refractivity contribution in [3.63, 3.8) is 0 Å². The van der Waals surface area contributed by atoms with Crippen LogP contribution < -0.4 is 0 Å². The molecular formula is C11H20Si2. The maximum absolute atomic E-state index is 2.46. The maximum atomic E-state index is 2.46. The molecule has 0 amide bonds. The molecular weight excluding hydrogens is 188 g/mol. The summed E-state index contributed by atoms with van der Waals surface area (Å²) >= 11 is 0. The van der Waals surface area contributed by atoms with Gasteiger partial charge < -0.3 is 0 Å². The summed E-state index contributed by atoms with van der Waals surface area (Å²) in [5, 5.41) is 1.73. The summed E-state index contributed by atoms with van der Waals surface area (Å²) in [6.07, 6.45) is 9.19. The van der Waals surface area contributed by atoms with Gasteiger partial charge in [0.15, 0.2) is 0 Å². The molecule has 0 saturated carbocycles. The number of hydrogen-bond acceptors (Lipinski definition) is 0. The number of allylic oxidation sites excluding steroid dienone is 4. The van der Waals surface area contributed by atoms with Crippen LogP contribution in [0.5, 0.6) is 0 Å². The SMILES string of the molecule is C[Si](C)=C1C=CC=CC1[Si](C)(C)C. The molecule has 0 heterocycles. The highest BCUT2D eigenvalue weighted by Gasteiger charge is 2.27. The van der Waals surface area contributed by atoms with Crippen LogP contribution in [0.3, 0.4) is 0 Å². The zero-order chi connectivity index (χ0) is 10.1. The predicted octanol–water partition coefficient (Wildman–Crippen LogP) is 3.33. The van der Waals surface area contributed by atoms with Crippen molar-refractivity contribution in [1.29, 1.82) is 0 Å². The predicted molar refractivity (Wildman–Crippen MR) is 67.9 cm³/mol. The first-order chi connectivity index (χ1) is 5.93. The molecule has 0 fully saturated rings. The minimum Gasteiger partial charge on any atom is -0.0802 e. The number of hydrogen-bond donors (Lipinski definition) is 0. The van der Waals surface area contributed by atoms with Crippen LogP contribution in [-0.2, 0) is 0 Å². The lowest BCUT2D eigenvalue weighted by Crippen LogP contribution is -2.35. The van der Waals surface area contributed by atoms with Gasteiger partial charge in [0.05, 0.1) is 8.07 Å². The van der Waals surface area contributed by atoms with Gasteiger partial charge in [-0.2, -0.15) is 0 Å². The van der Waals surface area contributed by atoms with Crippen LogP contribution in [0.1, 0.15) is 0 Å². The molecule has 1 aliphatic rings. The zero-order valence-electron chi connectivity index (χ0n) is 9.39. The highest BCUT2D eigenvalue weighted by atomic mass is 28.3. The van der Waals surface area contributed by atoms with Gasteiger partial charge in [-0.1, -0.05) is 62.2 Å². The molecule has 2 heteroatoms. The highest BCUT2D eigenvalue weighted by Crippen LogP contribution is 2.27. The number of rotatable bonds is 1. The van der Waals surface area contributed by atoms with Crippen LogP contribution >= 0.6 is 0 Å². The Balaban J connectivity index is 3.04. The van der Waals surface area contributed by atoms with Crippen LogP contribution in [0.2, 0.25) is 38.3 Å². The van der Waals surface area contributed by atoms with Crippen LogP contribution in [0.15, 0.2) is 24.3 Å². The van der Waals surface area contributed by atoms with Crippen molar-refractivity contribution in [2.24, 2.45) is 0 Å². The lowest BCUT2D eigenvalue weighted by molar-refractivity contribution is 1.34. The molecule has 0 aromatic rings. The Morgan fingerprint density at radius 3 is 2.15 bits per heavy atom. The quantitative estimate of drug-likeness (QED) is 0.580. The van der Waals surface area contributed by atoms with Gasteiger partial charge in [0.1, 0.15) is 0 Å². The molecule has 1 rings (SSSR count). The first-order valence-corrected chi connectivity index (χ1v) is 11.0. The summed E-state index contributed by atoms with van der Waals surface area (Å²) in [6, 6.07) is 0. The lowest BCUT2D eigenvalue weighted by Gasteiger charge is -2.30. The van der Waals surface area contributed by atoms with E-state index in [2.05, 4.69) is 57.0 Å². The maximum Gasteiger partial charge on any atom is 0.0560 e. The van der Waals surface area contributed by atoms with E-state index in [0.29, 0.717) is 0 Å². The molecule has 0 spiro atoms. The Bertz CT molecular complexity index is 273. The summed E-state index contributed by atoms with van der Waals surface area (Å²) in [6.45, 7) is 12.2. The van der Waals surface area contributed by atoms with Gasteiger partial charge in [-0.15, -0.1) is 0 Å². The van der Waals surface area contributed by atoms with Gasteiger partial charge in [0.25, 0.3) is 0 Å². The Kier molecular flexibility index (Phi) is 3.25. The minimum atomic E-state index is -1.03. The topological polar surface area (TPSA) is 0 Å². The molecule has 13 heavy (non-hydrogen) atoms. The minimum absolute atomic E-state index is 0.253. The van der Waals surface area contributed by atoms with Gasteiger partial charge >= 0.3 is 0 Å². The van der Waals surface area contributed by atoms with Crippen molar-refractivity contribution in [3.8, 4) is 0 Å². The van der Waals surface area contributed by atoms with E-state index in [4.69, 9.17) is 0 Å². The molecule has 0 saturated heterocycles. The Morgan fingerprint density at radius 1 is 1.15 bits per heavy atom. The third-order valence-corrected chi connectivity index (χ3v) is 6.83. The van der Waals surface area contributed by atoms with E-state index in [1.54, 1.807) is 5.17 Å². The van der Waals surface area contributed by atoms with E-state index in [9.17, 15) is 0 Å². The smallest absolute Gasteiger partial charge is 0.0560 e. The van der Waals surface area contributed by atoms with E-state index >= 15 is 0 Å². The fourth-order valence-corrected chi connectivity index (χ4v) is 6.81. The summed E-state index contributed by atoms with van der Waals surface area (Å²) in [5.41, 5.74) is 0.793. The zero-order valence-corrected chi connectivity index (χ0v) is 11.4. The molecule has 72 valence electrons. The van der Waals surface area contributed by atoms with Crippen molar-refractivity contribution < 1.29 is 0 Å². The molecule has 1 aliphatic carbocycles. The Hall–Kier alpha value is -0.216. The van der Waals surface area contributed by atoms with Crippen molar-refractivity contribution in [1.82, 2.24) is 0 Å². The molecule has 0 aliphatic heterocycles. The van der Waals surface area contributed by atoms with Gasteiger partial charge in [-0.25, -0.2) is 0 Å². The third-order valence-electron chi connectivity index (χ3n) is 2.54. The van der Waals surface area contributed by atoms with Gasteiger partial charge in [-0.3, -0.25) is 0 Å². The second kappa shape index (κ2) is 3.88. The summed E-state index contributed by atoms with van der Waals surface area (Å²) in [7, 11) is -1.28. The summed E-state index contributed by atoms with van der Waals surface area (Å²) < 4.78 is 0. The highest BCUT2D eigenvalue weighted by molar-refractivity contribution is 6.87. The van der Waals surface area contributed by atoms with E-state index in [1.165, 1.54) is 0 Å². The van der Waals surface area contributed by atoms with E-state index in [0.717, 1.165) is 5.54 Å². The van der Waals surface area contributed by atoms with E-state index in [-0.39, 0.29) is 8.41 Å². The molecule has 0 radical (unpaired) electrons. The van der Waals surface area contributed by atoms with Crippen molar-refractivity contribution in [3.05, 3.63) is 24.3 Å². The molecule has 1 atom stereocenters. The van der Waals surface area contributed by atoms with Gasteiger partial charge in [-0.05, 0) is 5.54 Å². The van der Waals surface area contributed by atoms with Crippen LogP contribution in [0.25, 0.3) is 0 Å². The summed E-state index contributed by atoms with van der Waals surface area (Å²) in [5.74, 6) is 0. The fourth-order valence-electron chi connectivity index (χ4n) is 1.77. The van der Waals surface area contributed by atoms with Gasteiger partial charge in [0, 0.05) is 8.41 Å². The second-order valence-electron chi connectivity index (χ2n) is 5.04. The van der Waals surface area contributed by atoms with Crippen LogP contribution in [0, 0.1) is 0 Å². The normalized spacial score (nSPS) is 22.2. The van der Waals surface area contributed by atoms with E-state index < -0.39 is 8.07 Å². The molecule has 0 aromatic carbocycles. The fraction of sp³-hybridized carbons (Fsp3) is 0.545. The third kappa shape index (κ3) is 2.61. The first kappa shape index (κ1) is 10.9. The van der Waals surface area contributed by atoms with Crippen LogP contribution in [0.4, 0.5) is 0 Å². The van der Waals surface area contributed by atoms with Crippen molar-refractivity contribution in [2.75, 3.05) is 0 Å². The molecule has 0 bridgehead atoms. The first-order valence-electron chi connectivity index (χ1n) is 4.95. The molecule has 0 aromatic heterocycles. The van der Waals surface area contributed by atoms with Crippen LogP contribution in [-0.4, -0.2) is 21.7 Å². The average molecular weight is 208 g/mol. The molecule has 0 N–H and O–H groups in total. The van der Waals surface area contributed by atoms with Gasteiger partial charge in [0.2, 0.25) is 0 Å². The largest absolute Gasteiger partial charge is 0.0802 e. The lowest BCUT2D eigenvalue weighted by atomic mass is 10.2. The monoisotopic (exact) mass is 208 g/mol. The second-order valence-corrected chi connectivity index (χ2v) is 13.0. The average Bonchev–Trinajstić information content (AvgIpc) is 2.03. The molecule has 0 nitrogen and oxygen atoms in total. The van der Waals surface area contributed by atoms with Crippen molar-refractivity contribution >= 4 is 21.7 Å². The molecule has 1 unspecified atom stereocenters. The Labute approximate surface area is 84.6 Å². The van der Waals surface area contributed by atoms with Crippen molar-refractivity contribution in [2.45, 2.75) is 38.3 Å². The summed E-state index contributed by atoms with van der Waals surface area (Å²) in [4.78, 5) is 0. The standard InChI is InChI=1S/C11H20Si2/c1-12(2)10-8-6-7-9-11(10)13(3,4)5/h6-9,11H,1-5H3. The Morgan fingerprint density at radius 2 is 1.77 bits per heavy atom.